The van der Waals surface area contributed by atoms with Gasteiger partial charge in [-0.05, 0) is 130 Å². The van der Waals surface area contributed by atoms with Crippen molar-refractivity contribution >= 4 is 69.1 Å². The van der Waals surface area contributed by atoms with Crippen molar-refractivity contribution in [1.29, 1.82) is 0 Å². The molecule has 23 heteroatoms. The number of carbonyl (C=O) groups is 1. The highest BCUT2D eigenvalue weighted by Gasteiger charge is 2.45. The Hall–Kier alpha value is -5.14. The molecule has 0 amide bonds. The van der Waals surface area contributed by atoms with E-state index in [1.165, 1.54) is 36.4 Å². The molecule has 0 atom stereocenters. The Labute approximate surface area is 412 Å². The van der Waals surface area contributed by atoms with E-state index >= 15 is 8.78 Å². The fourth-order valence-corrected chi connectivity index (χ4v) is 11.6. The van der Waals surface area contributed by atoms with Gasteiger partial charge in [0.25, 0.3) is 40.5 Å². The maximum absolute atomic E-state index is 17.0. The number of fused-ring (bicyclic) bond motifs is 2. The lowest BCUT2D eigenvalue weighted by Crippen LogP contribution is -2.28. The minimum Gasteiger partial charge on any atom is -0.490 e. The molecule has 386 valence electrons. The quantitative estimate of drug-likeness (QED) is 0.0382. The first-order chi connectivity index (χ1) is 32.9. The number of nitrogens with zero attached hydrogens (tertiary/aromatic N) is 2. The largest absolute Gasteiger partial charge is 0.490 e. The number of hydrogen-bond donors (Lipinski definition) is 5. The molecule has 1 aliphatic carbocycles. The van der Waals surface area contributed by atoms with E-state index in [0.717, 1.165) is 12.1 Å². The Morgan fingerprint density at radius 3 is 1.99 bits per heavy atom. The molecule has 0 saturated heterocycles. The number of unbranched alkanes of at least 4 members (excludes halogenated alkanes) is 2. The van der Waals surface area contributed by atoms with Gasteiger partial charge in [-0.3, -0.25) is 23.0 Å². The second-order valence-corrected chi connectivity index (χ2v) is 24.6. The average molecular weight is 1070 g/mol. The number of benzene rings is 3. The van der Waals surface area contributed by atoms with Gasteiger partial charge in [-0.1, -0.05) is 26.0 Å². The number of carboxylic acids is 1. The second-order valence-electron chi connectivity index (χ2n) is 18.6. The molecule has 0 bridgehead atoms. The van der Waals surface area contributed by atoms with Gasteiger partial charge in [-0.15, -0.1) is 0 Å². The van der Waals surface area contributed by atoms with Crippen LogP contribution in [-0.4, -0.2) is 104 Å². The number of allylic oxidation sites excluding steroid dienone is 8. The van der Waals surface area contributed by atoms with Gasteiger partial charge in [0.1, 0.15) is 12.4 Å². The van der Waals surface area contributed by atoms with Crippen molar-refractivity contribution in [3.8, 4) is 5.75 Å². The molecule has 0 saturated carbocycles. The maximum atomic E-state index is 17.0. The van der Waals surface area contributed by atoms with Crippen molar-refractivity contribution in [1.82, 2.24) is 0 Å². The lowest BCUT2D eigenvalue weighted by Gasteiger charge is -2.28. The number of ether oxygens (including phenoxy) is 1. The standard InChI is InChI=1S/C48H56F2N2O15S4/c1-47(2)35-29-33(70(61,62)63)16-19-38(35)51(24-5-7-27-68(55,56)57)41(47)22-14-31-11-9-12-32(44(31)45-37(49)18-21-40(46(45)50)67-26-10-13-43(53)54)15-23-42-48(3,4)36-30-34(71(64,65)66)17-20-39(36)52(42)25-6-8-28-69(58,59)60/h14-23,29-30H,5-13,24-28H2,1-4H3,(H4-,53,54,55,56,57,58,59,60,61,62,63,64,65,66)/p+1. The Morgan fingerprint density at radius 1 is 0.746 bits per heavy atom. The fourth-order valence-electron chi connectivity index (χ4n) is 9.44. The van der Waals surface area contributed by atoms with E-state index in [2.05, 4.69) is 0 Å². The van der Waals surface area contributed by atoms with Gasteiger partial charge in [-0.25, -0.2) is 8.78 Å². The second kappa shape index (κ2) is 21.1. The van der Waals surface area contributed by atoms with E-state index in [-0.39, 0.29) is 79.3 Å². The number of halogens is 2. The van der Waals surface area contributed by atoms with Crippen LogP contribution in [0.3, 0.4) is 0 Å². The van der Waals surface area contributed by atoms with Crippen LogP contribution in [0.5, 0.6) is 5.75 Å². The van der Waals surface area contributed by atoms with Crippen LogP contribution in [-0.2, 0) is 56.1 Å². The summed E-state index contributed by atoms with van der Waals surface area (Å²) >= 11 is 0. The molecular formula is C48H57F2N2O15S4+. The molecule has 0 fully saturated rings. The molecule has 71 heavy (non-hydrogen) atoms. The minimum absolute atomic E-state index is 0.0297. The molecule has 17 nitrogen and oxygen atoms in total. The van der Waals surface area contributed by atoms with Crippen molar-refractivity contribution < 1.29 is 79.9 Å². The van der Waals surface area contributed by atoms with E-state index < -0.39 is 86.0 Å². The first-order valence-electron chi connectivity index (χ1n) is 22.6. The lowest BCUT2D eigenvalue weighted by atomic mass is 9.79. The van der Waals surface area contributed by atoms with Gasteiger partial charge in [0.15, 0.2) is 17.3 Å². The van der Waals surface area contributed by atoms with Gasteiger partial charge in [-0.2, -0.15) is 38.2 Å². The zero-order chi connectivity index (χ0) is 52.5. The molecule has 6 rings (SSSR count). The van der Waals surface area contributed by atoms with Gasteiger partial charge >= 0.3 is 5.97 Å². The van der Waals surface area contributed by atoms with Crippen molar-refractivity contribution in [2.75, 3.05) is 36.1 Å². The van der Waals surface area contributed by atoms with Crippen LogP contribution in [0.4, 0.5) is 20.2 Å². The summed E-state index contributed by atoms with van der Waals surface area (Å²) in [4.78, 5) is 12.3. The van der Waals surface area contributed by atoms with E-state index in [9.17, 15) is 56.7 Å². The molecule has 0 unspecified atom stereocenters. The average Bonchev–Trinajstić information content (AvgIpc) is 3.60. The summed E-state index contributed by atoms with van der Waals surface area (Å²) in [5.74, 6) is -4.46. The first-order valence-corrected chi connectivity index (χ1v) is 28.7. The molecule has 3 aliphatic rings. The van der Waals surface area contributed by atoms with Crippen LogP contribution < -0.4 is 9.64 Å². The molecular weight excluding hydrogens is 1010 g/mol. The van der Waals surface area contributed by atoms with Gasteiger partial charge < -0.3 is 14.7 Å². The van der Waals surface area contributed by atoms with Crippen molar-refractivity contribution in [3.63, 3.8) is 0 Å². The zero-order valence-electron chi connectivity index (χ0n) is 39.4. The van der Waals surface area contributed by atoms with Crippen LogP contribution in [0.2, 0.25) is 0 Å². The monoisotopic (exact) mass is 1070 g/mol. The van der Waals surface area contributed by atoms with Gasteiger partial charge in [0.05, 0.1) is 38.9 Å². The van der Waals surface area contributed by atoms with E-state index in [4.69, 9.17) is 9.84 Å². The number of carboxylic acid groups (broad SMARTS) is 1. The molecule has 2 aliphatic heterocycles. The lowest BCUT2D eigenvalue weighted by molar-refractivity contribution is -0.438. The van der Waals surface area contributed by atoms with Crippen molar-refractivity contribution in [2.24, 2.45) is 0 Å². The molecule has 5 N–H and O–H groups in total. The van der Waals surface area contributed by atoms with E-state index in [1.807, 2.05) is 37.2 Å². The first kappa shape index (κ1) is 55.2. The number of aliphatic carboxylic acids is 1. The number of anilines is 1. The third-order valence-corrected chi connectivity index (χ3v) is 16.2. The molecule has 0 spiro atoms. The summed E-state index contributed by atoms with van der Waals surface area (Å²) in [7, 11) is -17.8. The Kier molecular flexibility index (Phi) is 16.4. The minimum atomic E-state index is -4.64. The number of rotatable bonds is 21. The summed E-state index contributed by atoms with van der Waals surface area (Å²) in [6, 6.07) is 10.3. The molecule has 3 aromatic carbocycles. The van der Waals surface area contributed by atoms with Crippen molar-refractivity contribution in [3.05, 3.63) is 118 Å². The van der Waals surface area contributed by atoms with Crippen LogP contribution in [0.25, 0.3) is 5.57 Å². The number of hydrogen-bond acceptors (Lipinski definition) is 11. The zero-order valence-corrected chi connectivity index (χ0v) is 42.7. The van der Waals surface area contributed by atoms with E-state index in [1.54, 1.807) is 24.3 Å². The summed E-state index contributed by atoms with van der Waals surface area (Å²) in [6.07, 6.45) is 8.33. The Bertz CT molecular complexity index is 3250. The third-order valence-electron chi connectivity index (χ3n) is 12.9. The molecule has 0 aromatic heterocycles. The summed E-state index contributed by atoms with van der Waals surface area (Å²) < 4.78 is 175. The summed E-state index contributed by atoms with van der Waals surface area (Å²) in [5, 5.41) is 9.15. The third kappa shape index (κ3) is 12.9. The predicted molar refractivity (Wildman–Crippen MR) is 262 cm³/mol. The highest BCUT2D eigenvalue weighted by Crippen LogP contribution is 2.50. The molecule has 3 aromatic rings. The van der Waals surface area contributed by atoms with Crippen LogP contribution in [0.15, 0.2) is 99.5 Å². The maximum Gasteiger partial charge on any atom is 0.303 e. The van der Waals surface area contributed by atoms with Crippen molar-refractivity contribution in [2.45, 2.75) is 106 Å². The normalized spacial score (nSPS) is 18.3. The highest BCUT2D eigenvalue weighted by atomic mass is 32.2. The van der Waals surface area contributed by atoms with Crippen LogP contribution in [0, 0.1) is 11.6 Å². The fraction of sp³-hybridized carbons (Fsp3) is 0.417. The molecule has 0 radical (unpaired) electrons. The SMILES string of the molecule is CC1(C)C(=CC=C2CCCC(C=CC3=[N+](CCCCS(=O)(=O)O)c4ccc(S(=O)(=O)O)cc4C3(C)C)=C2c2c(F)ccc(OCCCC(=O)O)c2F)N(CCCCS(=O)(=O)O)c2ccc(S(=O)(=O)O)cc21. The molecule has 2 heterocycles. The summed E-state index contributed by atoms with van der Waals surface area (Å²) in [6.45, 7) is 7.44. The topological polar surface area (TPSA) is 270 Å². The van der Waals surface area contributed by atoms with E-state index in [0.29, 0.717) is 64.3 Å². The predicted octanol–water partition coefficient (Wildman–Crippen LogP) is 8.22. The smallest absolute Gasteiger partial charge is 0.303 e. The van der Waals surface area contributed by atoms with Crippen LogP contribution >= 0.6 is 0 Å². The Morgan fingerprint density at radius 2 is 1.37 bits per heavy atom. The van der Waals surface area contributed by atoms with Crippen LogP contribution in [0.1, 0.15) is 102 Å². The van der Waals surface area contributed by atoms with Gasteiger partial charge in [0.2, 0.25) is 5.69 Å². The van der Waals surface area contributed by atoms with Gasteiger partial charge in [0, 0.05) is 53.9 Å². The summed E-state index contributed by atoms with van der Waals surface area (Å²) in [5.41, 5.74) is 1.93. The highest BCUT2D eigenvalue weighted by molar-refractivity contribution is 7.86. The Balaban J connectivity index is 1.55.